The number of benzene rings is 1. The second kappa shape index (κ2) is 4.96. The number of carbonyl (C=O) groups is 1. The number of amides is 1. The average Bonchev–Trinajstić information content (AvgIpc) is 2.66. The van der Waals surface area contributed by atoms with Crippen molar-refractivity contribution in [3.05, 3.63) is 30.3 Å². The molecule has 2 N–H and O–H groups in total. The summed E-state index contributed by atoms with van der Waals surface area (Å²) in [6.45, 7) is 0.451. The molecular formula is C11H13NO4. The van der Waals surface area contributed by atoms with E-state index in [1.165, 1.54) is 0 Å². The van der Waals surface area contributed by atoms with Crippen LogP contribution in [0.2, 0.25) is 0 Å². The molecule has 0 saturated carbocycles. The fourth-order valence-electron chi connectivity index (χ4n) is 1.44. The second-order valence-corrected chi connectivity index (χ2v) is 3.54. The quantitative estimate of drug-likeness (QED) is 0.784. The van der Waals surface area contributed by atoms with Crippen LogP contribution in [0.15, 0.2) is 30.3 Å². The molecule has 1 aromatic rings. The number of anilines is 1. The van der Waals surface area contributed by atoms with Crippen molar-refractivity contribution in [2.45, 2.75) is 12.2 Å². The Bertz CT molecular complexity index is 354. The molecule has 2 rings (SSSR count). The summed E-state index contributed by atoms with van der Waals surface area (Å²) in [7, 11) is 0. The molecule has 1 aliphatic heterocycles. The maximum Gasteiger partial charge on any atom is 0.412 e. The van der Waals surface area contributed by atoms with Crippen LogP contribution in [0.5, 0.6) is 0 Å². The van der Waals surface area contributed by atoms with Crippen molar-refractivity contribution in [1.29, 1.82) is 0 Å². The van der Waals surface area contributed by atoms with Crippen LogP contribution in [0.25, 0.3) is 0 Å². The molecule has 16 heavy (non-hydrogen) atoms. The van der Waals surface area contributed by atoms with Gasteiger partial charge in [-0.25, -0.2) is 4.79 Å². The van der Waals surface area contributed by atoms with E-state index in [1.54, 1.807) is 12.1 Å². The molecule has 1 fully saturated rings. The molecular weight excluding hydrogens is 210 g/mol. The molecule has 1 heterocycles. The highest BCUT2D eigenvalue weighted by Gasteiger charge is 2.29. The van der Waals surface area contributed by atoms with E-state index in [2.05, 4.69) is 5.32 Å². The molecule has 1 aliphatic rings. The van der Waals surface area contributed by atoms with Crippen molar-refractivity contribution < 1.29 is 19.4 Å². The summed E-state index contributed by atoms with van der Waals surface area (Å²) in [4.78, 5) is 11.4. The van der Waals surface area contributed by atoms with Crippen molar-refractivity contribution in [3.63, 3.8) is 0 Å². The number of aliphatic hydroxyl groups is 1. The molecule has 2 atom stereocenters. The SMILES string of the molecule is O=C(Nc1ccccc1)O[C@@H]1COC[C@@H]1O. The number of nitrogens with one attached hydrogen (secondary N) is 1. The number of aliphatic hydroxyl groups excluding tert-OH is 1. The number of ether oxygens (including phenoxy) is 2. The summed E-state index contributed by atoms with van der Waals surface area (Å²) in [6.07, 6.45) is -1.90. The standard InChI is InChI=1S/C11H13NO4/c13-9-6-15-7-10(9)16-11(14)12-8-4-2-1-3-5-8/h1-5,9-10,13H,6-7H2,(H,12,14)/t9-,10+/m0/s1. The first kappa shape index (κ1) is 10.9. The third-order valence-corrected chi connectivity index (χ3v) is 2.28. The van der Waals surface area contributed by atoms with E-state index < -0.39 is 18.3 Å². The third-order valence-electron chi connectivity index (χ3n) is 2.28. The molecule has 0 spiro atoms. The van der Waals surface area contributed by atoms with Gasteiger partial charge in [-0.05, 0) is 12.1 Å². The lowest BCUT2D eigenvalue weighted by Crippen LogP contribution is -2.31. The lowest BCUT2D eigenvalue weighted by atomic mass is 10.3. The summed E-state index contributed by atoms with van der Waals surface area (Å²) < 4.78 is 9.97. The van der Waals surface area contributed by atoms with Crippen LogP contribution in [-0.2, 0) is 9.47 Å². The first-order chi connectivity index (χ1) is 7.75. The lowest BCUT2D eigenvalue weighted by Gasteiger charge is -2.14. The van der Waals surface area contributed by atoms with Gasteiger partial charge in [-0.3, -0.25) is 5.32 Å². The molecule has 5 nitrogen and oxygen atoms in total. The normalized spacial score (nSPS) is 24.1. The highest BCUT2D eigenvalue weighted by Crippen LogP contribution is 2.11. The minimum absolute atomic E-state index is 0.212. The van der Waals surface area contributed by atoms with Crippen LogP contribution in [-0.4, -0.2) is 36.6 Å². The predicted molar refractivity (Wildman–Crippen MR) is 57.2 cm³/mol. The lowest BCUT2D eigenvalue weighted by molar-refractivity contribution is 0.0396. The topological polar surface area (TPSA) is 67.8 Å². The number of hydrogen-bond donors (Lipinski definition) is 2. The first-order valence-electron chi connectivity index (χ1n) is 5.04. The Morgan fingerprint density at radius 2 is 2.12 bits per heavy atom. The Morgan fingerprint density at radius 3 is 2.75 bits per heavy atom. The van der Waals surface area contributed by atoms with Crippen LogP contribution in [0, 0.1) is 0 Å². The number of para-hydroxylation sites is 1. The van der Waals surface area contributed by atoms with Crippen molar-refractivity contribution >= 4 is 11.8 Å². The van der Waals surface area contributed by atoms with E-state index in [1.807, 2.05) is 18.2 Å². The molecule has 0 aliphatic carbocycles. The van der Waals surface area contributed by atoms with Gasteiger partial charge in [0.15, 0.2) is 6.10 Å². The number of rotatable bonds is 2. The second-order valence-electron chi connectivity index (χ2n) is 3.54. The van der Waals surface area contributed by atoms with E-state index >= 15 is 0 Å². The molecule has 86 valence electrons. The highest BCUT2D eigenvalue weighted by atomic mass is 16.6. The summed E-state index contributed by atoms with van der Waals surface area (Å²) in [6, 6.07) is 8.98. The van der Waals surface area contributed by atoms with E-state index in [9.17, 15) is 9.90 Å². The van der Waals surface area contributed by atoms with E-state index in [0.29, 0.717) is 5.69 Å². The van der Waals surface area contributed by atoms with Gasteiger partial charge in [0.05, 0.1) is 13.2 Å². The maximum atomic E-state index is 11.4. The van der Waals surface area contributed by atoms with Gasteiger partial charge in [-0.15, -0.1) is 0 Å². The van der Waals surface area contributed by atoms with Gasteiger partial charge in [0.25, 0.3) is 0 Å². The summed E-state index contributed by atoms with van der Waals surface area (Å²) in [5.74, 6) is 0. The number of hydrogen-bond acceptors (Lipinski definition) is 4. The Balaban J connectivity index is 1.85. The Labute approximate surface area is 93.0 Å². The summed E-state index contributed by atoms with van der Waals surface area (Å²) >= 11 is 0. The number of carbonyl (C=O) groups excluding carboxylic acids is 1. The van der Waals surface area contributed by atoms with Crippen molar-refractivity contribution in [3.8, 4) is 0 Å². The fourth-order valence-corrected chi connectivity index (χ4v) is 1.44. The van der Waals surface area contributed by atoms with Gasteiger partial charge < -0.3 is 14.6 Å². The smallest absolute Gasteiger partial charge is 0.412 e. The molecule has 1 aromatic carbocycles. The van der Waals surface area contributed by atoms with Gasteiger partial charge in [0.1, 0.15) is 6.10 Å². The minimum atomic E-state index is -0.735. The van der Waals surface area contributed by atoms with Gasteiger partial charge in [-0.2, -0.15) is 0 Å². The van der Waals surface area contributed by atoms with Crippen LogP contribution < -0.4 is 5.32 Å². The van der Waals surface area contributed by atoms with Gasteiger partial charge in [-0.1, -0.05) is 18.2 Å². The molecule has 1 saturated heterocycles. The minimum Gasteiger partial charge on any atom is -0.441 e. The molecule has 5 heteroatoms. The zero-order chi connectivity index (χ0) is 11.4. The zero-order valence-electron chi connectivity index (χ0n) is 8.63. The predicted octanol–water partition coefficient (Wildman–Crippen LogP) is 0.995. The van der Waals surface area contributed by atoms with Crippen molar-refractivity contribution in [2.24, 2.45) is 0 Å². The summed E-state index contributed by atoms with van der Waals surface area (Å²) in [5.41, 5.74) is 0.654. The van der Waals surface area contributed by atoms with Crippen LogP contribution in [0.3, 0.4) is 0 Å². The average molecular weight is 223 g/mol. The van der Waals surface area contributed by atoms with Gasteiger partial charge in [0.2, 0.25) is 0 Å². The molecule has 1 amide bonds. The largest absolute Gasteiger partial charge is 0.441 e. The van der Waals surface area contributed by atoms with Gasteiger partial charge in [0, 0.05) is 5.69 Å². The van der Waals surface area contributed by atoms with E-state index in [-0.39, 0.29) is 13.2 Å². The Kier molecular flexibility index (Phi) is 3.38. The Morgan fingerprint density at radius 1 is 1.38 bits per heavy atom. The van der Waals surface area contributed by atoms with Crippen molar-refractivity contribution in [2.75, 3.05) is 18.5 Å². The zero-order valence-corrected chi connectivity index (χ0v) is 8.63. The van der Waals surface area contributed by atoms with Crippen molar-refractivity contribution in [1.82, 2.24) is 0 Å². The molecule has 0 aromatic heterocycles. The maximum absolute atomic E-state index is 11.4. The fraction of sp³-hybridized carbons (Fsp3) is 0.364. The third kappa shape index (κ3) is 2.71. The molecule has 0 radical (unpaired) electrons. The summed E-state index contributed by atoms with van der Waals surface area (Å²) in [5, 5.41) is 11.9. The first-order valence-corrected chi connectivity index (χ1v) is 5.04. The van der Waals surface area contributed by atoms with E-state index in [0.717, 1.165) is 0 Å². The Hall–Kier alpha value is -1.59. The van der Waals surface area contributed by atoms with Crippen LogP contribution in [0.1, 0.15) is 0 Å². The van der Waals surface area contributed by atoms with Crippen LogP contribution in [0.4, 0.5) is 10.5 Å². The molecule has 0 unspecified atom stereocenters. The van der Waals surface area contributed by atoms with E-state index in [4.69, 9.17) is 9.47 Å². The molecule has 0 bridgehead atoms. The highest BCUT2D eigenvalue weighted by molar-refractivity contribution is 5.84. The van der Waals surface area contributed by atoms with Crippen LogP contribution >= 0.6 is 0 Å². The van der Waals surface area contributed by atoms with Gasteiger partial charge >= 0.3 is 6.09 Å². The monoisotopic (exact) mass is 223 g/mol.